The Labute approximate surface area is 221 Å². The van der Waals surface area contributed by atoms with Crippen LogP contribution in [0.3, 0.4) is 0 Å². The summed E-state index contributed by atoms with van der Waals surface area (Å²) in [6.07, 6.45) is 3.59. The number of aryl methyl sites for hydroxylation is 1. The first-order chi connectivity index (χ1) is 17.9. The summed E-state index contributed by atoms with van der Waals surface area (Å²) in [6, 6.07) is 19.2. The molecule has 8 nitrogen and oxygen atoms in total. The lowest BCUT2D eigenvalue weighted by molar-refractivity contribution is -0.114. The van der Waals surface area contributed by atoms with Gasteiger partial charge in [-0.05, 0) is 80.2 Å². The minimum Gasteiger partial charge on any atom is -0.495 e. The number of ether oxygens (including phenoxy) is 1. The fourth-order valence-corrected chi connectivity index (χ4v) is 5.35. The summed E-state index contributed by atoms with van der Waals surface area (Å²) in [4.78, 5) is 23.2. The van der Waals surface area contributed by atoms with Crippen molar-refractivity contribution in [3.8, 4) is 11.6 Å². The summed E-state index contributed by atoms with van der Waals surface area (Å²) in [5.74, 6) is 1.25. The second-order valence-electron chi connectivity index (χ2n) is 8.91. The molecule has 1 saturated heterocycles. The number of rotatable bonds is 6. The summed E-state index contributed by atoms with van der Waals surface area (Å²) >= 11 is 5.89. The minimum atomic E-state index is -0.204. The SMILES string of the molecule is COc1ccc(N2C(=S)N[C@@H](c3ccccn3)[C@@H]2c2cc(C)n(-c3ccccn3)c2C)cc1NC(C)=O. The number of nitrogens with zero attached hydrogens (tertiary/aromatic N) is 4. The number of amides is 1. The predicted molar refractivity (Wildman–Crippen MR) is 148 cm³/mol. The lowest BCUT2D eigenvalue weighted by Gasteiger charge is -2.29. The van der Waals surface area contributed by atoms with Crippen molar-refractivity contribution in [3.63, 3.8) is 0 Å². The van der Waals surface area contributed by atoms with Crippen molar-refractivity contribution in [2.45, 2.75) is 32.9 Å². The molecule has 0 aliphatic carbocycles. The van der Waals surface area contributed by atoms with Gasteiger partial charge < -0.3 is 24.8 Å². The lowest BCUT2D eigenvalue weighted by atomic mass is 9.96. The fraction of sp³-hybridized carbons (Fsp3) is 0.214. The van der Waals surface area contributed by atoms with E-state index in [1.54, 1.807) is 19.5 Å². The van der Waals surface area contributed by atoms with Crippen molar-refractivity contribution in [2.24, 2.45) is 0 Å². The van der Waals surface area contributed by atoms with Gasteiger partial charge in [0.15, 0.2) is 5.11 Å². The monoisotopic (exact) mass is 512 g/mol. The van der Waals surface area contributed by atoms with Gasteiger partial charge in [0.25, 0.3) is 0 Å². The van der Waals surface area contributed by atoms with E-state index in [4.69, 9.17) is 17.0 Å². The van der Waals surface area contributed by atoms with Crippen molar-refractivity contribution in [1.82, 2.24) is 19.9 Å². The fourth-order valence-electron chi connectivity index (χ4n) is 5.01. The molecule has 0 saturated carbocycles. The van der Waals surface area contributed by atoms with E-state index in [2.05, 4.69) is 50.0 Å². The van der Waals surface area contributed by atoms with Gasteiger partial charge in [-0.25, -0.2) is 4.98 Å². The Kier molecular flexibility index (Phi) is 6.62. The standard InChI is InChI=1S/C28H28N6O2S/c1-17-15-21(18(2)33(17)25-10-6-8-14-30-25)27-26(22-9-5-7-13-29-22)32-28(37)34(27)20-11-12-24(36-4)23(16-20)31-19(3)35/h5-16,26-27H,1-4H3,(H,31,35)(H,32,37)/t26-,27-/m0/s1. The first-order valence-electron chi connectivity index (χ1n) is 12.0. The molecule has 1 aromatic carbocycles. The second-order valence-corrected chi connectivity index (χ2v) is 9.30. The molecule has 3 aromatic heterocycles. The molecule has 9 heteroatoms. The van der Waals surface area contributed by atoms with Crippen molar-refractivity contribution in [1.29, 1.82) is 0 Å². The smallest absolute Gasteiger partial charge is 0.221 e. The number of anilines is 2. The third-order valence-corrected chi connectivity index (χ3v) is 6.85. The van der Waals surface area contributed by atoms with E-state index in [0.717, 1.165) is 34.2 Å². The maximum atomic E-state index is 11.9. The molecular formula is C28H28N6O2S. The Morgan fingerprint density at radius 3 is 2.46 bits per heavy atom. The van der Waals surface area contributed by atoms with Crippen LogP contribution in [0, 0.1) is 13.8 Å². The van der Waals surface area contributed by atoms with E-state index in [-0.39, 0.29) is 18.0 Å². The number of hydrogen-bond donors (Lipinski definition) is 2. The van der Waals surface area contributed by atoms with Crippen LogP contribution in [0.25, 0.3) is 5.82 Å². The highest BCUT2D eigenvalue weighted by molar-refractivity contribution is 7.80. The van der Waals surface area contributed by atoms with Gasteiger partial charge in [0.1, 0.15) is 11.6 Å². The van der Waals surface area contributed by atoms with Crippen LogP contribution in [-0.4, -0.2) is 32.7 Å². The maximum Gasteiger partial charge on any atom is 0.221 e. The average molecular weight is 513 g/mol. The molecule has 1 aliphatic rings. The highest BCUT2D eigenvalue weighted by Gasteiger charge is 2.42. The number of carbonyl (C=O) groups excluding carboxylic acids is 1. The minimum absolute atomic E-state index is 0.181. The Bertz CT molecular complexity index is 1450. The van der Waals surface area contributed by atoms with E-state index in [0.29, 0.717) is 16.5 Å². The number of hydrogen-bond acceptors (Lipinski definition) is 5. The number of carbonyl (C=O) groups is 1. The van der Waals surface area contributed by atoms with Crippen molar-refractivity contribution in [3.05, 3.63) is 95.7 Å². The highest BCUT2D eigenvalue weighted by atomic mass is 32.1. The van der Waals surface area contributed by atoms with Crippen molar-refractivity contribution in [2.75, 3.05) is 17.3 Å². The van der Waals surface area contributed by atoms with Gasteiger partial charge in [0.2, 0.25) is 5.91 Å². The lowest BCUT2D eigenvalue weighted by Crippen LogP contribution is -2.29. The maximum absolute atomic E-state index is 11.9. The van der Waals surface area contributed by atoms with E-state index >= 15 is 0 Å². The molecule has 1 fully saturated rings. The largest absolute Gasteiger partial charge is 0.495 e. The number of aromatic nitrogens is 3. The van der Waals surface area contributed by atoms with Gasteiger partial charge in [-0.3, -0.25) is 9.78 Å². The van der Waals surface area contributed by atoms with Gasteiger partial charge in [-0.1, -0.05) is 12.1 Å². The van der Waals surface area contributed by atoms with Crippen LogP contribution >= 0.6 is 12.2 Å². The third-order valence-electron chi connectivity index (χ3n) is 6.54. The van der Waals surface area contributed by atoms with Crippen LogP contribution in [0.15, 0.2) is 73.1 Å². The molecule has 4 heterocycles. The van der Waals surface area contributed by atoms with Crippen molar-refractivity contribution < 1.29 is 9.53 Å². The van der Waals surface area contributed by atoms with Crippen LogP contribution in [0.2, 0.25) is 0 Å². The van der Waals surface area contributed by atoms with E-state index in [1.165, 1.54) is 6.92 Å². The molecule has 5 rings (SSSR count). The topological polar surface area (TPSA) is 84.3 Å². The summed E-state index contributed by atoms with van der Waals surface area (Å²) in [6.45, 7) is 5.65. The zero-order valence-corrected chi connectivity index (χ0v) is 21.9. The molecule has 0 spiro atoms. The normalized spacial score (nSPS) is 17.0. The van der Waals surface area contributed by atoms with Gasteiger partial charge in [0, 0.05) is 36.4 Å². The first kappa shape index (κ1) is 24.5. The van der Waals surface area contributed by atoms with Crippen molar-refractivity contribution >= 4 is 34.6 Å². The average Bonchev–Trinajstić information content (AvgIpc) is 3.39. The number of pyridine rings is 2. The molecule has 2 atom stereocenters. The molecule has 0 unspecified atom stereocenters. The van der Waals surface area contributed by atoms with Crippen LogP contribution in [0.5, 0.6) is 5.75 Å². The van der Waals surface area contributed by atoms with Crippen LogP contribution in [0.1, 0.15) is 41.7 Å². The number of methoxy groups -OCH3 is 1. The molecule has 0 bridgehead atoms. The van der Waals surface area contributed by atoms with E-state index < -0.39 is 0 Å². The summed E-state index contributed by atoms with van der Waals surface area (Å²) in [5, 5.41) is 6.94. The zero-order chi connectivity index (χ0) is 26.1. The Morgan fingerprint density at radius 1 is 1.05 bits per heavy atom. The number of benzene rings is 1. The van der Waals surface area contributed by atoms with Gasteiger partial charge in [-0.2, -0.15) is 0 Å². The highest BCUT2D eigenvalue weighted by Crippen LogP contribution is 2.45. The summed E-state index contributed by atoms with van der Waals surface area (Å²) in [5.41, 5.74) is 5.52. The molecule has 1 amide bonds. The van der Waals surface area contributed by atoms with E-state index in [1.807, 2.05) is 54.6 Å². The van der Waals surface area contributed by atoms with Crippen LogP contribution in [-0.2, 0) is 4.79 Å². The van der Waals surface area contributed by atoms with E-state index in [9.17, 15) is 4.79 Å². The molecule has 188 valence electrons. The second kappa shape index (κ2) is 10.0. The van der Waals surface area contributed by atoms with Gasteiger partial charge >= 0.3 is 0 Å². The Balaban J connectivity index is 1.68. The number of nitrogens with one attached hydrogen (secondary N) is 2. The van der Waals surface area contributed by atoms with Gasteiger partial charge in [-0.15, -0.1) is 0 Å². The Morgan fingerprint density at radius 2 is 1.81 bits per heavy atom. The molecule has 2 N–H and O–H groups in total. The molecule has 37 heavy (non-hydrogen) atoms. The first-order valence-corrected chi connectivity index (χ1v) is 12.4. The van der Waals surface area contributed by atoms with Crippen LogP contribution < -0.4 is 20.3 Å². The Hall–Kier alpha value is -4.24. The summed E-state index contributed by atoms with van der Waals surface area (Å²) < 4.78 is 7.63. The number of thiocarbonyl (C=S) groups is 1. The van der Waals surface area contributed by atoms with Crippen LogP contribution in [0.4, 0.5) is 11.4 Å². The summed E-state index contributed by atoms with van der Waals surface area (Å²) in [7, 11) is 1.58. The third kappa shape index (κ3) is 4.53. The molecule has 4 aromatic rings. The zero-order valence-electron chi connectivity index (χ0n) is 21.1. The quantitative estimate of drug-likeness (QED) is 0.351. The molecule has 1 aliphatic heterocycles. The predicted octanol–water partition coefficient (Wildman–Crippen LogP) is 5.03. The molecule has 0 radical (unpaired) electrons. The molecular weight excluding hydrogens is 484 g/mol. The van der Waals surface area contributed by atoms with Gasteiger partial charge in [0.05, 0.1) is 30.6 Å².